The quantitative estimate of drug-likeness (QED) is 0.530. The molecule has 0 radical (unpaired) electrons. The van der Waals surface area contributed by atoms with Crippen LogP contribution in [-0.4, -0.2) is 46.3 Å². The molecule has 21 heavy (non-hydrogen) atoms. The van der Waals surface area contributed by atoms with E-state index in [4.69, 9.17) is 4.74 Å². The van der Waals surface area contributed by atoms with Crippen molar-refractivity contribution >= 4 is 5.91 Å². The van der Waals surface area contributed by atoms with Gasteiger partial charge in [-0.15, -0.1) is 0 Å². The molecule has 116 valence electrons. The Kier molecular flexibility index (Phi) is 4.59. The molecule has 4 N–H and O–H groups in total. The summed E-state index contributed by atoms with van der Waals surface area (Å²) >= 11 is 0. The lowest BCUT2D eigenvalue weighted by atomic mass is 10.0. The van der Waals surface area contributed by atoms with Gasteiger partial charge < -0.3 is 20.1 Å². The Morgan fingerprint density at radius 2 is 2.19 bits per heavy atom. The van der Waals surface area contributed by atoms with E-state index >= 15 is 0 Å². The molecule has 0 saturated carbocycles. The van der Waals surface area contributed by atoms with Crippen molar-refractivity contribution in [2.24, 2.45) is 0 Å². The van der Waals surface area contributed by atoms with Gasteiger partial charge in [-0.25, -0.2) is 4.79 Å². The van der Waals surface area contributed by atoms with Crippen LogP contribution in [0.15, 0.2) is 9.59 Å². The molecule has 0 aliphatic carbocycles. The highest BCUT2D eigenvalue weighted by Crippen LogP contribution is 2.16. The first-order chi connectivity index (χ1) is 9.89. The highest BCUT2D eigenvalue weighted by atomic mass is 16.5. The van der Waals surface area contributed by atoms with Gasteiger partial charge in [-0.2, -0.15) is 0 Å². The van der Waals surface area contributed by atoms with E-state index in [0.717, 1.165) is 0 Å². The number of carbonyl (C=O) groups excluding carboxylic acids is 1. The smallest absolute Gasteiger partial charge is 0.325 e. The van der Waals surface area contributed by atoms with Gasteiger partial charge >= 0.3 is 5.69 Å². The van der Waals surface area contributed by atoms with Crippen molar-refractivity contribution in [3.63, 3.8) is 0 Å². The van der Waals surface area contributed by atoms with E-state index in [1.165, 1.54) is 0 Å². The van der Waals surface area contributed by atoms with Gasteiger partial charge in [0, 0.05) is 37.3 Å². The first-order valence-electron chi connectivity index (χ1n) is 6.78. The zero-order chi connectivity index (χ0) is 15.5. The van der Waals surface area contributed by atoms with E-state index in [9.17, 15) is 19.5 Å². The number of carbonyl (C=O) groups is 1. The molecule has 1 fully saturated rings. The molecule has 1 aromatic heterocycles. The van der Waals surface area contributed by atoms with Crippen molar-refractivity contribution < 1.29 is 14.6 Å². The molecule has 1 amide bonds. The van der Waals surface area contributed by atoms with Crippen molar-refractivity contribution in [1.29, 1.82) is 0 Å². The molecule has 8 nitrogen and oxygen atoms in total. The predicted octanol–water partition coefficient (Wildman–Crippen LogP) is -1.43. The number of aromatic nitrogens is 2. The van der Waals surface area contributed by atoms with Crippen LogP contribution in [0, 0.1) is 6.92 Å². The van der Waals surface area contributed by atoms with Crippen molar-refractivity contribution in [1.82, 2.24) is 15.3 Å². The van der Waals surface area contributed by atoms with Gasteiger partial charge in [-0.05, 0) is 13.3 Å². The summed E-state index contributed by atoms with van der Waals surface area (Å²) in [5, 5.41) is 12.6. The summed E-state index contributed by atoms with van der Waals surface area (Å²) in [5.41, 5.74) is -1.20. The number of hydrogen-bond donors (Lipinski definition) is 4. The Labute approximate surface area is 120 Å². The van der Waals surface area contributed by atoms with Gasteiger partial charge in [-0.3, -0.25) is 14.6 Å². The van der Waals surface area contributed by atoms with Crippen molar-refractivity contribution in [2.45, 2.75) is 31.8 Å². The molecule has 0 spiro atoms. The topological polar surface area (TPSA) is 124 Å². The lowest BCUT2D eigenvalue weighted by Crippen LogP contribution is -2.43. The number of aryl methyl sites for hydroxylation is 1. The van der Waals surface area contributed by atoms with E-state index < -0.39 is 16.9 Å². The molecule has 0 aromatic carbocycles. The predicted molar refractivity (Wildman–Crippen MR) is 74.1 cm³/mol. The molecule has 1 atom stereocenters. The number of amides is 1. The molecule has 1 unspecified atom stereocenters. The second kappa shape index (κ2) is 6.23. The number of ether oxygens (including phenoxy) is 1. The molecule has 1 aromatic rings. The molecule has 0 bridgehead atoms. The van der Waals surface area contributed by atoms with Gasteiger partial charge in [-0.1, -0.05) is 0 Å². The number of rotatable bonds is 5. The standard InChI is InChI=1S/C13H19N3O5/c1-8-9(11(18)16-12(19)15-8)2-3-10(17)14-6-13(20)4-5-21-7-13/h20H,2-7H2,1H3,(H,14,17)(H2,15,16,18,19). The molecule has 1 aliphatic rings. The van der Waals surface area contributed by atoms with Crippen LogP contribution >= 0.6 is 0 Å². The Morgan fingerprint density at radius 3 is 2.81 bits per heavy atom. The maximum atomic E-state index is 11.8. The minimum atomic E-state index is -0.999. The zero-order valence-corrected chi connectivity index (χ0v) is 11.8. The highest BCUT2D eigenvalue weighted by Gasteiger charge is 2.32. The van der Waals surface area contributed by atoms with Crippen LogP contribution in [0.3, 0.4) is 0 Å². The molecule has 1 aliphatic heterocycles. The van der Waals surface area contributed by atoms with Crippen molar-refractivity contribution in [3.8, 4) is 0 Å². The lowest BCUT2D eigenvalue weighted by Gasteiger charge is -2.20. The molecule has 8 heteroatoms. The maximum Gasteiger partial charge on any atom is 0.325 e. The normalized spacial score (nSPS) is 21.4. The third kappa shape index (κ3) is 4.02. The summed E-state index contributed by atoms with van der Waals surface area (Å²) in [5.74, 6) is -0.264. The van der Waals surface area contributed by atoms with Crippen molar-refractivity contribution in [2.75, 3.05) is 19.8 Å². The number of aliphatic hydroxyl groups is 1. The summed E-state index contributed by atoms with van der Waals surface area (Å²) < 4.78 is 5.08. The second-order valence-corrected chi connectivity index (χ2v) is 5.32. The highest BCUT2D eigenvalue weighted by molar-refractivity contribution is 5.76. The number of hydrogen-bond acceptors (Lipinski definition) is 5. The van der Waals surface area contributed by atoms with Crippen LogP contribution in [-0.2, 0) is 16.0 Å². The average Bonchev–Trinajstić information content (AvgIpc) is 2.82. The van der Waals surface area contributed by atoms with Crippen LogP contribution in [0.1, 0.15) is 24.1 Å². The zero-order valence-electron chi connectivity index (χ0n) is 11.8. The van der Waals surface area contributed by atoms with E-state index in [1.54, 1.807) is 6.92 Å². The SMILES string of the molecule is Cc1[nH]c(=O)[nH]c(=O)c1CCC(=O)NCC1(O)CCOC1. The third-order valence-corrected chi connectivity index (χ3v) is 3.55. The van der Waals surface area contributed by atoms with E-state index in [2.05, 4.69) is 15.3 Å². The maximum absolute atomic E-state index is 11.8. The third-order valence-electron chi connectivity index (χ3n) is 3.55. The second-order valence-electron chi connectivity index (χ2n) is 5.32. The Hall–Kier alpha value is -1.93. The first-order valence-corrected chi connectivity index (χ1v) is 6.78. The fourth-order valence-corrected chi connectivity index (χ4v) is 2.25. The van der Waals surface area contributed by atoms with Gasteiger partial charge in [0.15, 0.2) is 0 Å². The molecule has 1 saturated heterocycles. The average molecular weight is 297 g/mol. The molecular weight excluding hydrogens is 278 g/mol. The van der Waals surface area contributed by atoms with Gasteiger partial charge in [0.1, 0.15) is 5.60 Å². The Bertz CT molecular complexity index is 627. The monoisotopic (exact) mass is 297 g/mol. The van der Waals surface area contributed by atoms with E-state index in [-0.39, 0.29) is 31.9 Å². The Morgan fingerprint density at radius 1 is 1.43 bits per heavy atom. The Balaban J connectivity index is 1.87. The van der Waals surface area contributed by atoms with Crippen molar-refractivity contribution in [3.05, 3.63) is 32.1 Å². The van der Waals surface area contributed by atoms with E-state index in [0.29, 0.717) is 24.3 Å². The lowest BCUT2D eigenvalue weighted by molar-refractivity contribution is -0.122. The largest absolute Gasteiger partial charge is 0.386 e. The summed E-state index contributed by atoms with van der Waals surface area (Å²) in [6, 6.07) is 0. The van der Waals surface area contributed by atoms with Crippen LogP contribution < -0.4 is 16.6 Å². The van der Waals surface area contributed by atoms with Crippen LogP contribution in [0.2, 0.25) is 0 Å². The van der Waals surface area contributed by atoms with Gasteiger partial charge in [0.25, 0.3) is 5.56 Å². The molecule has 2 heterocycles. The first kappa shape index (κ1) is 15.5. The van der Waals surface area contributed by atoms with Gasteiger partial charge in [0.2, 0.25) is 5.91 Å². The number of H-pyrrole nitrogens is 2. The van der Waals surface area contributed by atoms with Crippen LogP contribution in [0.25, 0.3) is 0 Å². The van der Waals surface area contributed by atoms with Crippen LogP contribution in [0.5, 0.6) is 0 Å². The number of aromatic amines is 2. The minimum absolute atomic E-state index is 0.104. The van der Waals surface area contributed by atoms with E-state index in [1.807, 2.05) is 0 Å². The number of nitrogens with one attached hydrogen (secondary N) is 3. The fraction of sp³-hybridized carbons (Fsp3) is 0.615. The summed E-state index contributed by atoms with van der Waals surface area (Å²) in [7, 11) is 0. The summed E-state index contributed by atoms with van der Waals surface area (Å²) in [6.45, 7) is 2.44. The molecular formula is C13H19N3O5. The molecule has 2 rings (SSSR count). The minimum Gasteiger partial charge on any atom is -0.386 e. The van der Waals surface area contributed by atoms with Crippen LogP contribution in [0.4, 0.5) is 0 Å². The summed E-state index contributed by atoms with van der Waals surface area (Å²) in [6.07, 6.45) is 0.817. The fourth-order valence-electron chi connectivity index (χ4n) is 2.25. The van der Waals surface area contributed by atoms with Gasteiger partial charge in [0.05, 0.1) is 6.61 Å². The summed E-state index contributed by atoms with van der Waals surface area (Å²) in [4.78, 5) is 39.1.